The number of benzene rings is 1. The van der Waals surface area contributed by atoms with Crippen molar-refractivity contribution in [3.63, 3.8) is 0 Å². The van der Waals surface area contributed by atoms with Crippen LogP contribution < -0.4 is 0 Å². The normalized spacial score (nSPS) is 31.6. The third-order valence-corrected chi connectivity index (χ3v) is 5.51. The number of nitrogens with zero attached hydrogens (tertiary/aromatic N) is 1. The van der Waals surface area contributed by atoms with Gasteiger partial charge in [-0.05, 0) is 43.4 Å². The minimum atomic E-state index is -0.195. The summed E-state index contributed by atoms with van der Waals surface area (Å²) in [6.07, 6.45) is 8.84. The lowest BCUT2D eigenvalue weighted by Gasteiger charge is -2.43. The van der Waals surface area contributed by atoms with Crippen LogP contribution in [-0.2, 0) is 9.47 Å². The van der Waals surface area contributed by atoms with Crippen LogP contribution in [0, 0.1) is 5.82 Å². The average Bonchev–Trinajstić information content (AvgIpc) is 2.95. The van der Waals surface area contributed by atoms with Gasteiger partial charge in [0.2, 0.25) is 0 Å². The number of hydrogen-bond acceptors (Lipinski definition) is 3. The minimum absolute atomic E-state index is 0.00124. The van der Waals surface area contributed by atoms with Crippen LogP contribution >= 0.6 is 0 Å². The number of likely N-dealkylation sites (tertiary alicyclic amines) is 1. The molecular formula is C19H26FNO2. The first-order valence-electron chi connectivity index (χ1n) is 8.41. The summed E-state index contributed by atoms with van der Waals surface area (Å²) in [4.78, 5) is 2.49. The molecule has 0 unspecified atom stereocenters. The van der Waals surface area contributed by atoms with Gasteiger partial charge < -0.3 is 9.47 Å². The molecule has 3 rings (SSSR count). The Hall–Kier alpha value is -1.23. The Balaban J connectivity index is 1.64. The molecule has 1 saturated heterocycles. The maximum atomic E-state index is 12.9. The predicted octanol–water partition coefficient (Wildman–Crippen LogP) is 3.50. The van der Waals surface area contributed by atoms with Crippen LogP contribution in [0.1, 0.15) is 31.2 Å². The SMILES string of the molecule is CO[C@H]1CC[C@@]2(OC)CCN(C/C=C/c3ccc(F)cc3)[C@H]2C1. The summed E-state index contributed by atoms with van der Waals surface area (Å²) in [6, 6.07) is 7.02. The van der Waals surface area contributed by atoms with Gasteiger partial charge in [0, 0.05) is 33.4 Å². The number of hydrogen-bond donors (Lipinski definition) is 0. The van der Waals surface area contributed by atoms with Crippen molar-refractivity contribution in [2.45, 2.75) is 43.4 Å². The van der Waals surface area contributed by atoms with Gasteiger partial charge in [0.25, 0.3) is 0 Å². The quantitative estimate of drug-likeness (QED) is 0.829. The molecular weight excluding hydrogens is 293 g/mol. The Labute approximate surface area is 138 Å². The Morgan fingerprint density at radius 2 is 2.04 bits per heavy atom. The number of halogens is 1. The first kappa shape index (κ1) is 16.6. The minimum Gasteiger partial charge on any atom is -0.381 e. The van der Waals surface area contributed by atoms with Crippen molar-refractivity contribution in [2.75, 3.05) is 27.3 Å². The van der Waals surface area contributed by atoms with Gasteiger partial charge in [-0.2, -0.15) is 0 Å². The molecule has 3 atom stereocenters. The van der Waals surface area contributed by atoms with Gasteiger partial charge in [0.15, 0.2) is 0 Å². The van der Waals surface area contributed by atoms with E-state index in [0.29, 0.717) is 12.1 Å². The molecule has 1 aliphatic heterocycles. The summed E-state index contributed by atoms with van der Waals surface area (Å²) in [5.74, 6) is -0.195. The zero-order valence-corrected chi connectivity index (χ0v) is 14.0. The first-order chi connectivity index (χ1) is 11.2. The Morgan fingerprint density at radius 3 is 2.74 bits per heavy atom. The maximum Gasteiger partial charge on any atom is 0.123 e. The zero-order chi connectivity index (χ0) is 16.3. The van der Waals surface area contributed by atoms with Crippen molar-refractivity contribution in [3.8, 4) is 0 Å². The molecule has 126 valence electrons. The topological polar surface area (TPSA) is 21.7 Å². The van der Waals surface area contributed by atoms with E-state index in [1.165, 1.54) is 12.1 Å². The van der Waals surface area contributed by atoms with Gasteiger partial charge in [-0.15, -0.1) is 0 Å². The van der Waals surface area contributed by atoms with Crippen molar-refractivity contribution in [2.24, 2.45) is 0 Å². The summed E-state index contributed by atoms with van der Waals surface area (Å²) in [5.41, 5.74) is 1.03. The number of methoxy groups -OCH3 is 2. The molecule has 0 amide bonds. The van der Waals surface area contributed by atoms with E-state index in [1.54, 1.807) is 19.2 Å². The molecule has 1 aromatic carbocycles. The van der Waals surface area contributed by atoms with Crippen LogP contribution in [0.15, 0.2) is 30.3 Å². The second-order valence-corrected chi connectivity index (χ2v) is 6.62. The van der Waals surface area contributed by atoms with E-state index < -0.39 is 0 Å². The van der Waals surface area contributed by atoms with Gasteiger partial charge in [-0.25, -0.2) is 4.39 Å². The van der Waals surface area contributed by atoms with Gasteiger partial charge in [-0.3, -0.25) is 4.90 Å². The summed E-state index contributed by atoms with van der Waals surface area (Å²) in [5, 5.41) is 0. The summed E-state index contributed by atoms with van der Waals surface area (Å²) in [6.45, 7) is 1.95. The highest BCUT2D eigenvalue weighted by Crippen LogP contribution is 2.42. The second-order valence-electron chi connectivity index (χ2n) is 6.62. The predicted molar refractivity (Wildman–Crippen MR) is 89.8 cm³/mol. The van der Waals surface area contributed by atoms with Crippen LogP contribution in [0.3, 0.4) is 0 Å². The molecule has 1 aromatic rings. The van der Waals surface area contributed by atoms with E-state index in [4.69, 9.17) is 9.47 Å². The van der Waals surface area contributed by atoms with Crippen LogP contribution in [-0.4, -0.2) is 50.0 Å². The average molecular weight is 319 g/mol. The van der Waals surface area contributed by atoms with Gasteiger partial charge >= 0.3 is 0 Å². The summed E-state index contributed by atoms with van der Waals surface area (Å²) < 4.78 is 24.5. The lowest BCUT2D eigenvalue weighted by Crippen LogP contribution is -2.51. The largest absolute Gasteiger partial charge is 0.381 e. The molecule has 0 spiro atoms. The monoisotopic (exact) mass is 319 g/mol. The standard InChI is InChI=1S/C19H26FNO2/c1-22-17-9-10-19(23-2)11-13-21(18(19)14-17)12-3-4-15-5-7-16(20)8-6-15/h3-8,17-18H,9-14H2,1-2H3/b4-3+/t17-,18-,19+/m0/s1. The van der Waals surface area contributed by atoms with E-state index in [0.717, 1.165) is 44.3 Å². The molecule has 23 heavy (non-hydrogen) atoms. The molecule has 0 radical (unpaired) electrons. The van der Waals surface area contributed by atoms with Crippen LogP contribution in [0.4, 0.5) is 4.39 Å². The molecule has 3 nitrogen and oxygen atoms in total. The molecule has 0 aromatic heterocycles. The first-order valence-corrected chi connectivity index (χ1v) is 8.41. The fraction of sp³-hybridized carbons (Fsp3) is 0.579. The van der Waals surface area contributed by atoms with E-state index in [9.17, 15) is 4.39 Å². The third kappa shape index (κ3) is 3.49. The molecule has 1 saturated carbocycles. The van der Waals surface area contributed by atoms with Crippen LogP contribution in [0.5, 0.6) is 0 Å². The Morgan fingerprint density at radius 1 is 1.26 bits per heavy atom. The number of ether oxygens (including phenoxy) is 2. The summed E-state index contributed by atoms with van der Waals surface area (Å²) >= 11 is 0. The number of rotatable bonds is 5. The molecule has 2 aliphatic rings. The van der Waals surface area contributed by atoms with Gasteiger partial charge in [-0.1, -0.05) is 24.3 Å². The van der Waals surface area contributed by atoms with E-state index in [2.05, 4.69) is 17.1 Å². The second kappa shape index (κ2) is 7.12. The van der Waals surface area contributed by atoms with E-state index in [1.807, 2.05) is 7.11 Å². The molecule has 2 fully saturated rings. The van der Waals surface area contributed by atoms with E-state index in [-0.39, 0.29) is 11.4 Å². The highest BCUT2D eigenvalue weighted by molar-refractivity contribution is 5.49. The van der Waals surface area contributed by atoms with Crippen molar-refractivity contribution >= 4 is 6.08 Å². The van der Waals surface area contributed by atoms with Crippen molar-refractivity contribution in [1.29, 1.82) is 0 Å². The molecule has 0 bridgehead atoms. The maximum absolute atomic E-state index is 12.9. The lowest BCUT2D eigenvalue weighted by atomic mass is 9.79. The van der Waals surface area contributed by atoms with Gasteiger partial charge in [0.1, 0.15) is 5.82 Å². The van der Waals surface area contributed by atoms with Crippen LogP contribution in [0.2, 0.25) is 0 Å². The molecule has 4 heteroatoms. The highest BCUT2D eigenvalue weighted by Gasteiger charge is 2.50. The fourth-order valence-corrected chi connectivity index (χ4v) is 4.09. The Bertz CT molecular complexity index is 545. The highest BCUT2D eigenvalue weighted by atomic mass is 19.1. The lowest BCUT2D eigenvalue weighted by molar-refractivity contribution is -0.0924. The van der Waals surface area contributed by atoms with Gasteiger partial charge in [0.05, 0.1) is 11.7 Å². The molecule has 0 N–H and O–H groups in total. The molecule has 1 heterocycles. The van der Waals surface area contributed by atoms with Crippen molar-refractivity contribution in [3.05, 3.63) is 41.7 Å². The number of fused-ring (bicyclic) bond motifs is 1. The third-order valence-electron chi connectivity index (χ3n) is 5.51. The Kier molecular flexibility index (Phi) is 5.14. The zero-order valence-electron chi connectivity index (χ0n) is 14.0. The molecule has 1 aliphatic carbocycles. The van der Waals surface area contributed by atoms with E-state index >= 15 is 0 Å². The van der Waals surface area contributed by atoms with Crippen molar-refractivity contribution in [1.82, 2.24) is 4.90 Å². The van der Waals surface area contributed by atoms with Crippen LogP contribution in [0.25, 0.3) is 6.08 Å². The van der Waals surface area contributed by atoms with Crippen molar-refractivity contribution < 1.29 is 13.9 Å². The summed E-state index contributed by atoms with van der Waals surface area (Å²) in [7, 11) is 3.65. The smallest absolute Gasteiger partial charge is 0.123 e. The fourth-order valence-electron chi connectivity index (χ4n) is 4.09.